The number of para-hydroxylation sites is 1. The van der Waals surface area contributed by atoms with E-state index in [2.05, 4.69) is 96.1 Å². The monoisotopic (exact) mass is 481 g/mol. The summed E-state index contributed by atoms with van der Waals surface area (Å²) in [5, 5.41) is 5.08. The van der Waals surface area contributed by atoms with Crippen molar-refractivity contribution in [2.75, 3.05) is 11.4 Å². The number of nitrogens with zero attached hydrogens (tertiary/aromatic N) is 2. The van der Waals surface area contributed by atoms with Gasteiger partial charge in [0.2, 0.25) is 5.52 Å². The lowest BCUT2D eigenvalue weighted by Gasteiger charge is -2.18. The Morgan fingerprint density at radius 1 is 1.00 bits per heavy atom. The third-order valence-corrected chi connectivity index (χ3v) is 8.60. The summed E-state index contributed by atoms with van der Waals surface area (Å²) in [7, 11) is 0. The largest absolute Gasteiger partial charge is 0.472 e. The fraction of sp³-hybridized carbons (Fsp3) is 0.138. The molecular formula is C29H25N2OS2+. The molecule has 168 valence electrons. The Bertz CT molecular complexity index is 1560. The second kappa shape index (κ2) is 8.82. The number of thiazole rings is 1. The van der Waals surface area contributed by atoms with Crippen molar-refractivity contribution in [2.24, 2.45) is 0 Å². The highest BCUT2D eigenvalue weighted by molar-refractivity contribution is 8.04. The van der Waals surface area contributed by atoms with E-state index in [1.807, 2.05) is 35.4 Å². The number of anilines is 1. The Morgan fingerprint density at radius 3 is 2.68 bits per heavy atom. The Kier molecular flexibility index (Phi) is 5.52. The van der Waals surface area contributed by atoms with E-state index in [-0.39, 0.29) is 0 Å². The molecule has 0 unspecified atom stereocenters. The summed E-state index contributed by atoms with van der Waals surface area (Å²) in [6.45, 7) is 6.27. The lowest BCUT2D eigenvalue weighted by molar-refractivity contribution is -0.665. The number of hydrogen-bond acceptors (Lipinski definition) is 4. The number of allylic oxidation sites excluding steroid dienone is 2. The second-order valence-corrected chi connectivity index (χ2v) is 10.3. The fourth-order valence-electron chi connectivity index (χ4n) is 4.65. The van der Waals surface area contributed by atoms with Gasteiger partial charge in [-0.15, -0.1) is 0 Å². The zero-order valence-corrected chi connectivity index (χ0v) is 20.8. The number of benzene rings is 3. The third-order valence-electron chi connectivity index (χ3n) is 6.30. The van der Waals surface area contributed by atoms with Crippen LogP contribution in [0.4, 0.5) is 5.69 Å². The molecule has 0 bridgehead atoms. The highest BCUT2D eigenvalue weighted by Crippen LogP contribution is 2.50. The number of furan rings is 1. The Hall–Kier alpha value is -3.28. The molecule has 0 fully saturated rings. The van der Waals surface area contributed by atoms with Crippen LogP contribution in [-0.4, -0.2) is 6.54 Å². The minimum Gasteiger partial charge on any atom is -0.472 e. The summed E-state index contributed by atoms with van der Waals surface area (Å²) in [6, 6.07) is 23.8. The quantitative estimate of drug-likeness (QED) is 0.237. The Labute approximate surface area is 207 Å². The van der Waals surface area contributed by atoms with Crippen LogP contribution >= 0.6 is 23.1 Å². The summed E-state index contributed by atoms with van der Waals surface area (Å²) in [4.78, 5) is 3.75. The maximum absolute atomic E-state index is 5.49. The van der Waals surface area contributed by atoms with E-state index in [9.17, 15) is 0 Å². The molecule has 1 aliphatic heterocycles. The molecule has 5 heteroatoms. The number of rotatable bonds is 5. The van der Waals surface area contributed by atoms with Crippen LogP contribution in [0.3, 0.4) is 0 Å². The van der Waals surface area contributed by atoms with Gasteiger partial charge in [-0.1, -0.05) is 65.6 Å². The zero-order valence-electron chi connectivity index (χ0n) is 19.2. The van der Waals surface area contributed by atoms with E-state index in [1.54, 1.807) is 6.26 Å². The minimum absolute atomic E-state index is 0.917. The SMILES string of the molecule is CCN1C(=CC(=Cc2sc3ccccc3[n+]2CC)c2ccoc2)Sc2c1ccc1ccccc21. The normalized spacial score (nSPS) is 15.1. The first-order chi connectivity index (χ1) is 16.8. The topological polar surface area (TPSA) is 20.3 Å². The molecule has 0 saturated carbocycles. The van der Waals surface area contributed by atoms with E-state index in [1.165, 1.54) is 41.6 Å². The van der Waals surface area contributed by atoms with Gasteiger partial charge in [0.15, 0.2) is 0 Å². The van der Waals surface area contributed by atoms with Gasteiger partial charge in [-0.05, 0) is 54.5 Å². The fourth-order valence-corrected chi connectivity index (χ4v) is 7.14. The molecule has 0 amide bonds. The van der Waals surface area contributed by atoms with Crippen molar-refractivity contribution in [2.45, 2.75) is 25.3 Å². The predicted octanol–water partition coefficient (Wildman–Crippen LogP) is 7.97. The number of thioether (sulfide) groups is 1. The van der Waals surface area contributed by atoms with Crippen LogP contribution in [0, 0.1) is 0 Å². The number of aromatic nitrogens is 1. The molecule has 0 atom stereocenters. The molecule has 3 heterocycles. The van der Waals surface area contributed by atoms with E-state index in [4.69, 9.17) is 4.42 Å². The van der Waals surface area contributed by atoms with Gasteiger partial charge in [0.05, 0.1) is 23.2 Å². The van der Waals surface area contributed by atoms with E-state index in [0.29, 0.717) is 0 Å². The predicted molar refractivity (Wildman–Crippen MR) is 145 cm³/mol. The second-order valence-electron chi connectivity index (χ2n) is 8.23. The molecule has 0 radical (unpaired) electrons. The van der Waals surface area contributed by atoms with Crippen molar-refractivity contribution in [1.82, 2.24) is 0 Å². The number of fused-ring (bicyclic) bond motifs is 4. The van der Waals surface area contributed by atoms with Crippen LogP contribution in [0.2, 0.25) is 0 Å². The van der Waals surface area contributed by atoms with Gasteiger partial charge in [-0.3, -0.25) is 0 Å². The van der Waals surface area contributed by atoms with Crippen molar-refractivity contribution in [1.29, 1.82) is 0 Å². The summed E-state index contributed by atoms with van der Waals surface area (Å²) in [6.07, 6.45) is 8.22. The molecule has 3 nitrogen and oxygen atoms in total. The molecule has 6 rings (SSSR count). The van der Waals surface area contributed by atoms with Gasteiger partial charge in [0.25, 0.3) is 5.01 Å². The molecule has 34 heavy (non-hydrogen) atoms. The van der Waals surface area contributed by atoms with E-state index >= 15 is 0 Å². The average molecular weight is 482 g/mol. The summed E-state index contributed by atoms with van der Waals surface area (Å²) in [5.74, 6) is 0. The van der Waals surface area contributed by atoms with Gasteiger partial charge in [0, 0.05) is 29.1 Å². The van der Waals surface area contributed by atoms with Crippen LogP contribution in [0.25, 0.3) is 32.6 Å². The summed E-state index contributed by atoms with van der Waals surface area (Å²) < 4.78 is 9.19. The lowest BCUT2D eigenvalue weighted by Crippen LogP contribution is -2.33. The Morgan fingerprint density at radius 2 is 1.85 bits per heavy atom. The third kappa shape index (κ3) is 3.56. The molecule has 0 N–H and O–H groups in total. The molecule has 1 aliphatic rings. The van der Waals surface area contributed by atoms with Gasteiger partial charge < -0.3 is 9.32 Å². The molecule has 0 saturated heterocycles. The Balaban J connectivity index is 1.50. The molecule has 5 aromatic rings. The van der Waals surface area contributed by atoms with E-state index < -0.39 is 0 Å². The van der Waals surface area contributed by atoms with Crippen molar-refractivity contribution in [3.8, 4) is 0 Å². The average Bonchev–Trinajstić information content (AvgIpc) is 3.60. The van der Waals surface area contributed by atoms with Crippen LogP contribution in [-0.2, 0) is 6.54 Å². The lowest BCUT2D eigenvalue weighted by atomic mass is 10.1. The van der Waals surface area contributed by atoms with Crippen LogP contribution < -0.4 is 9.47 Å². The molecular weight excluding hydrogens is 456 g/mol. The van der Waals surface area contributed by atoms with Gasteiger partial charge in [0.1, 0.15) is 11.2 Å². The zero-order chi connectivity index (χ0) is 23.1. The maximum atomic E-state index is 5.49. The maximum Gasteiger partial charge on any atom is 0.263 e. The van der Waals surface area contributed by atoms with E-state index in [0.717, 1.165) is 24.2 Å². The molecule has 0 spiro atoms. The highest BCUT2D eigenvalue weighted by atomic mass is 32.2. The standard InChI is InChI=1S/C29H25N2OS2/c1-3-30-24-11-7-8-12-26(24)33-27(30)17-22(21-15-16-32-19-21)18-28-31(4-2)25-14-13-20-9-5-6-10-23(20)29(25)34-28/h5-19H,3-4H2,1-2H3/q+1. The smallest absolute Gasteiger partial charge is 0.263 e. The van der Waals surface area contributed by atoms with Gasteiger partial charge >= 0.3 is 0 Å². The van der Waals surface area contributed by atoms with Crippen molar-refractivity contribution < 1.29 is 8.98 Å². The van der Waals surface area contributed by atoms with Crippen LogP contribution in [0.1, 0.15) is 24.4 Å². The van der Waals surface area contributed by atoms with Crippen molar-refractivity contribution in [3.63, 3.8) is 0 Å². The summed E-state index contributed by atoms with van der Waals surface area (Å²) >= 11 is 3.70. The van der Waals surface area contributed by atoms with Crippen LogP contribution in [0.15, 0.2) is 99.7 Å². The van der Waals surface area contributed by atoms with Crippen molar-refractivity contribution >= 4 is 61.4 Å². The number of aryl methyl sites for hydroxylation is 1. The minimum atomic E-state index is 0.917. The first-order valence-corrected chi connectivity index (χ1v) is 13.2. The molecule has 0 aliphatic carbocycles. The summed E-state index contributed by atoms with van der Waals surface area (Å²) in [5.41, 5.74) is 4.81. The van der Waals surface area contributed by atoms with Crippen molar-refractivity contribution in [3.05, 3.63) is 101 Å². The first-order valence-electron chi connectivity index (χ1n) is 11.6. The van der Waals surface area contributed by atoms with Gasteiger partial charge in [-0.25, -0.2) is 0 Å². The first kappa shape index (κ1) is 21.3. The highest BCUT2D eigenvalue weighted by Gasteiger charge is 2.26. The van der Waals surface area contributed by atoms with Gasteiger partial charge in [-0.2, -0.15) is 4.57 Å². The molecule has 2 aromatic heterocycles. The van der Waals surface area contributed by atoms with Crippen LogP contribution in [0.5, 0.6) is 0 Å². The molecule has 3 aromatic carbocycles. The number of hydrogen-bond donors (Lipinski definition) is 0.